The molecule has 1 saturated heterocycles. The number of likely N-dealkylation sites (tertiary alicyclic amines) is 1. The average molecular weight is 318 g/mol. The first-order valence-corrected chi connectivity index (χ1v) is 7.52. The Morgan fingerprint density at radius 2 is 2.35 bits per heavy atom. The Bertz CT molecular complexity index is 732. The summed E-state index contributed by atoms with van der Waals surface area (Å²) in [5.74, 6) is -0.286. The number of nitrogens with zero attached hydrogens (tertiary/aromatic N) is 3. The molecule has 2 atom stereocenters. The second-order valence-electron chi connectivity index (χ2n) is 6.38. The summed E-state index contributed by atoms with van der Waals surface area (Å²) in [5.41, 5.74) is 6.17. The van der Waals surface area contributed by atoms with Crippen molar-refractivity contribution in [2.45, 2.75) is 13.8 Å². The molecule has 122 valence electrons. The fourth-order valence-electron chi connectivity index (χ4n) is 2.82. The fraction of sp³-hybridized carbons (Fsp3) is 0.438. The SMILES string of the molecule is C[C@@H]1CN(C(=O)c2noc(-c3cccc(F)c3)n2)C[C@@]1(C)CN. The van der Waals surface area contributed by atoms with E-state index >= 15 is 0 Å². The zero-order valence-corrected chi connectivity index (χ0v) is 13.1. The zero-order valence-electron chi connectivity index (χ0n) is 13.1. The summed E-state index contributed by atoms with van der Waals surface area (Å²) in [7, 11) is 0. The molecule has 2 aromatic rings. The lowest BCUT2D eigenvalue weighted by atomic mass is 9.81. The van der Waals surface area contributed by atoms with E-state index in [0.29, 0.717) is 31.1 Å². The second-order valence-corrected chi connectivity index (χ2v) is 6.38. The topological polar surface area (TPSA) is 85.2 Å². The van der Waals surface area contributed by atoms with E-state index in [-0.39, 0.29) is 23.0 Å². The molecule has 0 saturated carbocycles. The number of hydrogen-bond acceptors (Lipinski definition) is 5. The maximum atomic E-state index is 13.3. The molecule has 0 bridgehead atoms. The van der Waals surface area contributed by atoms with Crippen LogP contribution in [0.25, 0.3) is 11.5 Å². The number of carbonyl (C=O) groups is 1. The smallest absolute Gasteiger partial charge is 0.295 e. The van der Waals surface area contributed by atoms with E-state index in [0.717, 1.165) is 0 Å². The number of carbonyl (C=O) groups excluding carboxylic acids is 1. The summed E-state index contributed by atoms with van der Waals surface area (Å²) >= 11 is 0. The number of aromatic nitrogens is 2. The molecule has 3 rings (SSSR count). The highest BCUT2D eigenvalue weighted by molar-refractivity contribution is 5.91. The van der Waals surface area contributed by atoms with Gasteiger partial charge in [-0.1, -0.05) is 25.1 Å². The highest BCUT2D eigenvalue weighted by Gasteiger charge is 2.42. The normalized spacial score (nSPS) is 24.2. The molecule has 1 aliphatic rings. The molecule has 1 fully saturated rings. The predicted molar refractivity (Wildman–Crippen MR) is 81.9 cm³/mol. The molecular weight excluding hydrogens is 299 g/mol. The van der Waals surface area contributed by atoms with Gasteiger partial charge in [0.05, 0.1) is 0 Å². The van der Waals surface area contributed by atoms with Gasteiger partial charge in [-0.05, 0) is 30.7 Å². The largest absolute Gasteiger partial charge is 0.335 e. The van der Waals surface area contributed by atoms with E-state index in [2.05, 4.69) is 24.0 Å². The summed E-state index contributed by atoms with van der Waals surface area (Å²) < 4.78 is 18.3. The van der Waals surface area contributed by atoms with Gasteiger partial charge in [-0.25, -0.2) is 4.39 Å². The number of rotatable bonds is 3. The van der Waals surface area contributed by atoms with Crippen molar-refractivity contribution in [2.24, 2.45) is 17.1 Å². The van der Waals surface area contributed by atoms with Gasteiger partial charge >= 0.3 is 0 Å². The zero-order chi connectivity index (χ0) is 16.6. The molecular formula is C16H19FN4O2. The summed E-state index contributed by atoms with van der Waals surface area (Å²) in [6.45, 7) is 5.83. The van der Waals surface area contributed by atoms with Gasteiger partial charge in [-0.3, -0.25) is 4.79 Å². The Balaban J connectivity index is 1.80. The molecule has 23 heavy (non-hydrogen) atoms. The van der Waals surface area contributed by atoms with Crippen LogP contribution in [0, 0.1) is 17.2 Å². The van der Waals surface area contributed by atoms with Crippen LogP contribution in [0.3, 0.4) is 0 Å². The fourth-order valence-corrected chi connectivity index (χ4v) is 2.82. The van der Waals surface area contributed by atoms with Gasteiger partial charge in [0.1, 0.15) is 5.82 Å². The predicted octanol–water partition coefficient (Wildman–Crippen LogP) is 1.93. The lowest BCUT2D eigenvalue weighted by molar-refractivity contribution is 0.0761. The molecule has 2 heterocycles. The van der Waals surface area contributed by atoms with E-state index in [1.807, 2.05) is 0 Å². The first-order valence-electron chi connectivity index (χ1n) is 7.52. The monoisotopic (exact) mass is 318 g/mol. The minimum atomic E-state index is -0.402. The Kier molecular flexibility index (Phi) is 3.89. The highest BCUT2D eigenvalue weighted by Crippen LogP contribution is 2.34. The molecule has 1 aliphatic heterocycles. The van der Waals surface area contributed by atoms with Crippen LogP contribution in [0.5, 0.6) is 0 Å². The van der Waals surface area contributed by atoms with E-state index in [9.17, 15) is 9.18 Å². The van der Waals surface area contributed by atoms with Crippen LogP contribution in [0.2, 0.25) is 0 Å². The first-order chi connectivity index (χ1) is 10.9. The molecule has 6 nitrogen and oxygen atoms in total. The van der Waals surface area contributed by atoms with Gasteiger partial charge < -0.3 is 15.2 Å². The van der Waals surface area contributed by atoms with Crippen LogP contribution in [0.4, 0.5) is 4.39 Å². The van der Waals surface area contributed by atoms with E-state index in [1.165, 1.54) is 12.1 Å². The standard InChI is InChI=1S/C16H19FN4O2/c1-10-7-21(9-16(10,2)8-18)15(22)13-19-14(23-20-13)11-4-3-5-12(17)6-11/h3-6,10H,7-9,18H2,1-2H3/t10-,16-/m1/s1. The van der Waals surface area contributed by atoms with Crippen molar-refractivity contribution in [3.05, 3.63) is 35.9 Å². The van der Waals surface area contributed by atoms with Crippen molar-refractivity contribution in [3.8, 4) is 11.5 Å². The summed E-state index contributed by atoms with van der Waals surface area (Å²) in [4.78, 5) is 18.3. The summed E-state index contributed by atoms with van der Waals surface area (Å²) in [6.07, 6.45) is 0. The third-order valence-electron chi connectivity index (χ3n) is 4.68. The Morgan fingerprint density at radius 3 is 3.00 bits per heavy atom. The van der Waals surface area contributed by atoms with Crippen molar-refractivity contribution in [1.29, 1.82) is 0 Å². The van der Waals surface area contributed by atoms with Crippen LogP contribution >= 0.6 is 0 Å². The van der Waals surface area contributed by atoms with Crippen LogP contribution in [-0.2, 0) is 0 Å². The van der Waals surface area contributed by atoms with Crippen molar-refractivity contribution < 1.29 is 13.7 Å². The number of amides is 1. The van der Waals surface area contributed by atoms with E-state index in [1.54, 1.807) is 17.0 Å². The highest BCUT2D eigenvalue weighted by atomic mass is 19.1. The lowest BCUT2D eigenvalue weighted by Crippen LogP contribution is -2.36. The molecule has 1 amide bonds. The summed E-state index contributed by atoms with van der Waals surface area (Å²) in [6, 6.07) is 5.80. The molecule has 1 aromatic heterocycles. The molecule has 2 N–H and O–H groups in total. The third-order valence-corrected chi connectivity index (χ3v) is 4.68. The van der Waals surface area contributed by atoms with Gasteiger partial charge in [0.25, 0.3) is 17.6 Å². The second kappa shape index (κ2) is 5.73. The number of hydrogen-bond donors (Lipinski definition) is 1. The van der Waals surface area contributed by atoms with Crippen LogP contribution in [-0.4, -0.2) is 40.6 Å². The molecule has 0 unspecified atom stereocenters. The Labute approximate surface area is 133 Å². The van der Waals surface area contributed by atoms with Gasteiger partial charge in [0.2, 0.25) is 0 Å². The van der Waals surface area contributed by atoms with Gasteiger partial charge in [-0.2, -0.15) is 4.98 Å². The Morgan fingerprint density at radius 1 is 1.57 bits per heavy atom. The third kappa shape index (κ3) is 2.84. The van der Waals surface area contributed by atoms with E-state index in [4.69, 9.17) is 10.3 Å². The Hall–Kier alpha value is -2.28. The minimum absolute atomic E-state index is 0.0160. The molecule has 0 spiro atoms. The van der Waals surface area contributed by atoms with Crippen LogP contribution < -0.4 is 5.73 Å². The number of benzene rings is 1. The number of halogens is 1. The van der Waals surface area contributed by atoms with Crippen LogP contribution in [0.1, 0.15) is 24.5 Å². The van der Waals surface area contributed by atoms with Gasteiger partial charge in [0, 0.05) is 24.1 Å². The molecule has 7 heteroatoms. The van der Waals surface area contributed by atoms with Crippen LogP contribution in [0.15, 0.2) is 28.8 Å². The maximum Gasteiger partial charge on any atom is 0.295 e. The molecule has 0 aliphatic carbocycles. The summed E-state index contributed by atoms with van der Waals surface area (Å²) in [5, 5.41) is 3.73. The average Bonchev–Trinajstić information content (AvgIpc) is 3.13. The minimum Gasteiger partial charge on any atom is -0.335 e. The van der Waals surface area contributed by atoms with Crippen molar-refractivity contribution in [3.63, 3.8) is 0 Å². The van der Waals surface area contributed by atoms with Crippen molar-refractivity contribution in [1.82, 2.24) is 15.0 Å². The quantitative estimate of drug-likeness (QED) is 0.934. The number of nitrogens with two attached hydrogens (primary N) is 1. The maximum absolute atomic E-state index is 13.3. The van der Waals surface area contributed by atoms with E-state index < -0.39 is 5.82 Å². The molecule has 0 radical (unpaired) electrons. The van der Waals surface area contributed by atoms with Gasteiger partial charge in [-0.15, -0.1) is 0 Å². The van der Waals surface area contributed by atoms with Gasteiger partial charge in [0.15, 0.2) is 0 Å². The first kappa shape index (κ1) is 15.6. The van der Waals surface area contributed by atoms with Crippen molar-refractivity contribution in [2.75, 3.05) is 19.6 Å². The van der Waals surface area contributed by atoms with Crippen molar-refractivity contribution >= 4 is 5.91 Å². The lowest BCUT2D eigenvalue weighted by Gasteiger charge is -2.25. The molecule has 1 aromatic carbocycles.